The van der Waals surface area contributed by atoms with Gasteiger partial charge in [0.15, 0.2) is 0 Å². The van der Waals surface area contributed by atoms with Crippen molar-refractivity contribution in [1.82, 2.24) is 0 Å². The van der Waals surface area contributed by atoms with E-state index in [1.807, 2.05) is 31.1 Å². The number of rotatable bonds is 4. The molecule has 0 amide bonds. The van der Waals surface area contributed by atoms with Crippen molar-refractivity contribution in [2.24, 2.45) is 5.92 Å². The van der Waals surface area contributed by atoms with Crippen LogP contribution in [0.5, 0.6) is 0 Å². The van der Waals surface area contributed by atoms with Gasteiger partial charge in [-0.1, -0.05) is 24.6 Å². The van der Waals surface area contributed by atoms with Crippen molar-refractivity contribution in [1.29, 1.82) is 0 Å². The summed E-state index contributed by atoms with van der Waals surface area (Å²) in [5.41, 5.74) is 1.87. The second kappa shape index (κ2) is 5.21. The molecule has 3 nitrogen and oxygen atoms in total. The maximum atomic E-state index is 10.8. The zero-order valence-corrected chi connectivity index (χ0v) is 10.5. The lowest BCUT2D eigenvalue weighted by molar-refractivity contribution is -0.141. The van der Waals surface area contributed by atoms with Crippen LogP contribution in [0.3, 0.4) is 0 Å². The predicted molar refractivity (Wildman–Crippen MR) is 66.3 cm³/mol. The molecule has 0 saturated heterocycles. The third-order valence-corrected chi connectivity index (χ3v) is 2.86. The number of carbonyl (C=O) groups is 1. The first kappa shape index (κ1) is 12.8. The fraction of sp³-hybridized carbons (Fsp3) is 0.417. The number of carboxylic acid groups (broad SMARTS) is 1. The van der Waals surface area contributed by atoms with E-state index in [9.17, 15) is 4.79 Å². The fourth-order valence-electron chi connectivity index (χ4n) is 1.56. The molecule has 0 spiro atoms. The molecule has 0 heterocycles. The van der Waals surface area contributed by atoms with Crippen LogP contribution in [0.2, 0.25) is 5.02 Å². The Kier molecular flexibility index (Phi) is 4.19. The molecule has 0 saturated carbocycles. The molecule has 0 radical (unpaired) electrons. The van der Waals surface area contributed by atoms with Gasteiger partial charge in [0.1, 0.15) is 0 Å². The highest BCUT2D eigenvalue weighted by molar-refractivity contribution is 6.31. The number of hydrogen-bond donors (Lipinski definition) is 1. The average Bonchev–Trinajstić information content (AvgIpc) is 2.20. The van der Waals surface area contributed by atoms with Crippen LogP contribution in [0.15, 0.2) is 18.2 Å². The first-order valence-corrected chi connectivity index (χ1v) is 5.48. The quantitative estimate of drug-likeness (QED) is 0.881. The summed E-state index contributed by atoms with van der Waals surface area (Å²) in [4.78, 5) is 12.8. The minimum Gasteiger partial charge on any atom is -0.481 e. The smallest absolute Gasteiger partial charge is 0.306 e. The fourth-order valence-corrected chi connectivity index (χ4v) is 1.81. The normalized spacial score (nSPS) is 12.2. The molecule has 1 atom stereocenters. The summed E-state index contributed by atoms with van der Waals surface area (Å²) in [5.74, 6) is -1.23. The summed E-state index contributed by atoms with van der Waals surface area (Å²) in [6, 6.07) is 5.60. The molecule has 1 unspecified atom stereocenters. The summed E-state index contributed by atoms with van der Waals surface area (Å²) in [5, 5.41) is 9.53. The molecule has 0 aliphatic heterocycles. The average molecular weight is 242 g/mol. The molecule has 88 valence electrons. The van der Waals surface area contributed by atoms with Gasteiger partial charge in [-0.15, -0.1) is 0 Å². The maximum Gasteiger partial charge on any atom is 0.306 e. The highest BCUT2D eigenvalue weighted by atomic mass is 35.5. The Balaban J connectivity index is 3.06. The van der Waals surface area contributed by atoms with Crippen LogP contribution in [0, 0.1) is 5.92 Å². The van der Waals surface area contributed by atoms with Crippen molar-refractivity contribution in [2.45, 2.75) is 13.3 Å². The minimum atomic E-state index is -0.801. The van der Waals surface area contributed by atoms with E-state index in [2.05, 4.69) is 0 Å². The molecule has 0 aromatic heterocycles. The first-order chi connectivity index (χ1) is 7.43. The van der Waals surface area contributed by atoms with Crippen molar-refractivity contribution >= 4 is 23.3 Å². The molecular weight excluding hydrogens is 226 g/mol. The maximum absolute atomic E-state index is 10.8. The number of anilines is 1. The molecular formula is C12H16ClNO2. The Labute approximate surface area is 101 Å². The van der Waals surface area contributed by atoms with Gasteiger partial charge in [0.25, 0.3) is 0 Å². The van der Waals surface area contributed by atoms with E-state index in [0.29, 0.717) is 11.4 Å². The van der Waals surface area contributed by atoms with Crippen molar-refractivity contribution in [2.75, 3.05) is 19.0 Å². The second-order valence-corrected chi connectivity index (χ2v) is 4.48. The monoisotopic (exact) mass is 241 g/mol. The van der Waals surface area contributed by atoms with Crippen molar-refractivity contribution in [3.8, 4) is 0 Å². The van der Waals surface area contributed by atoms with Gasteiger partial charge in [0, 0.05) is 24.8 Å². The van der Waals surface area contributed by atoms with Crippen LogP contribution in [0.4, 0.5) is 5.69 Å². The molecule has 0 bridgehead atoms. The van der Waals surface area contributed by atoms with E-state index in [1.54, 1.807) is 13.0 Å². The summed E-state index contributed by atoms with van der Waals surface area (Å²) < 4.78 is 0. The Hall–Kier alpha value is -1.22. The molecule has 0 fully saturated rings. The molecule has 4 heteroatoms. The lowest BCUT2D eigenvalue weighted by Gasteiger charge is -2.19. The molecule has 1 aromatic carbocycles. The van der Waals surface area contributed by atoms with E-state index in [1.165, 1.54) is 0 Å². The molecule has 0 aliphatic rings. The van der Waals surface area contributed by atoms with E-state index in [-0.39, 0.29) is 0 Å². The van der Waals surface area contributed by atoms with E-state index in [4.69, 9.17) is 16.7 Å². The first-order valence-electron chi connectivity index (χ1n) is 5.11. The van der Waals surface area contributed by atoms with Crippen LogP contribution in [0.1, 0.15) is 12.5 Å². The largest absolute Gasteiger partial charge is 0.481 e. The number of nitrogens with zero attached hydrogens (tertiary/aromatic N) is 1. The number of carboxylic acids is 1. The van der Waals surface area contributed by atoms with Crippen LogP contribution in [-0.4, -0.2) is 25.2 Å². The number of hydrogen-bond acceptors (Lipinski definition) is 2. The van der Waals surface area contributed by atoms with Crippen molar-refractivity contribution < 1.29 is 9.90 Å². The molecule has 16 heavy (non-hydrogen) atoms. The van der Waals surface area contributed by atoms with Gasteiger partial charge >= 0.3 is 5.97 Å². The second-order valence-electron chi connectivity index (χ2n) is 4.08. The Morgan fingerprint density at radius 2 is 2.12 bits per heavy atom. The molecule has 0 aliphatic carbocycles. The Morgan fingerprint density at radius 1 is 1.50 bits per heavy atom. The predicted octanol–water partition coefficient (Wildman–Crippen LogP) is 2.67. The van der Waals surface area contributed by atoms with E-state index < -0.39 is 11.9 Å². The van der Waals surface area contributed by atoms with Gasteiger partial charge in [-0.25, -0.2) is 0 Å². The topological polar surface area (TPSA) is 40.5 Å². The zero-order chi connectivity index (χ0) is 12.3. The molecule has 1 rings (SSSR count). The van der Waals surface area contributed by atoms with Gasteiger partial charge in [-0.05, 0) is 24.1 Å². The standard InChI is InChI=1S/C12H16ClNO2/c1-8(12(15)16)7-9-10(13)5-4-6-11(9)14(2)3/h4-6,8H,7H2,1-3H3,(H,15,16). The lowest BCUT2D eigenvalue weighted by atomic mass is 9.99. The number of halogens is 1. The van der Waals surface area contributed by atoms with Crippen LogP contribution >= 0.6 is 11.6 Å². The van der Waals surface area contributed by atoms with Crippen LogP contribution < -0.4 is 4.90 Å². The molecule has 1 aromatic rings. The highest BCUT2D eigenvalue weighted by Crippen LogP contribution is 2.28. The summed E-state index contributed by atoms with van der Waals surface area (Å²) in [7, 11) is 3.83. The van der Waals surface area contributed by atoms with Crippen molar-refractivity contribution in [3.05, 3.63) is 28.8 Å². The van der Waals surface area contributed by atoms with Gasteiger partial charge < -0.3 is 10.0 Å². The van der Waals surface area contributed by atoms with Gasteiger partial charge in [-0.3, -0.25) is 4.79 Å². The van der Waals surface area contributed by atoms with E-state index >= 15 is 0 Å². The minimum absolute atomic E-state index is 0.432. The third-order valence-electron chi connectivity index (χ3n) is 2.51. The van der Waals surface area contributed by atoms with Crippen LogP contribution in [0.25, 0.3) is 0 Å². The lowest BCUT2D eigenvalue weighted by Crippen LogP contribution is -2.16. The van der Waals surface area contributed by atoms with Crippen molar-refractivity contribution in [3.63, 3.8) is 0 Å². The third kappa shape index (κ3) is 2.89. The summed E-state index contributed by atoms with van der Waals surface area (Å²) in [6.07, 6.45) is 0.447. The van der Waals surface area contributed by atoms with Gasteiger partial charge in [-0.2, -0.15) is 0 Å². The zero-order valence-electron chi connectivity index (χ0n) is 9.70. The van der Waals surface area contributed by atoms with E-state index in [0.717, 1.165) is 11.3 Å². The molecule has 1 N–H and O–H groups in total. The SMILES string of the molecule is CC(Cc1c(Cl)cccc1N(C)C)C(=O)O. The summed E-state index contributed by atoms with van der Waals surface area (Å²) >= 11 is 6.10. The van der Waals surface area contributed by atoms with Crippen LogP contribution in [-0.2, 0) is 11.2 Å². The Morgan fingerprint density at radius 3 is 2.62 bits per heavy atom. The summed E-state index contributed by atoms with van der Waals surface area (Å²) in [6.45, 7) is 1.69. The number of benzene rings is 1. The van der Waals surface area contributed by atoms with Gasteiger partial charge in [0.2, 0.25) is 0 Å². The highest BCUT2D eigenvalue weighted by Gasteiger charge is 2.16. The van der Waals surface area contributed by atoms with Gasteiger partial charge in [0.05, 0.1) is 5.92 Å². The number of aliphatic carboxylic acids is 1. The Bertz CT molecular complexity index is 391.